The third-order valence-corrected chi connectivity index (χ3v) is 3.86. The molecule has 2 heterocycles. The van der Waals surface area contributed by atoms with Crippen LogP contribution in [0.15, 0.2) is 9.59 Å². The Morgan fingerprint density at radius 1 is 1.27 bits per heavy atom. The number of rotatable bonds is 4. The van der Waals surface area contributed by atoms with Gasteiger partial charge in [-0.05, 0) is 12.8 Å². The van der Waals surface area contributed by atoms with Gasteiger partial charge >= 0.3 is 5.69 Å². The lowest BCUT2D eigenvalue weighted by atomic mass is 10.1. The molecule has 0 bridgehead atoms. The van der Waals surface area contributed by atoms with Crippen molar-refractivity contribution in [1.82, 2.24) is 19.8 Å². The molecule has 9 heteroatoms. The van der Waals surface area contributed by atoms with Crippen LogP contribution in [0.25, 0.3) is 0 Å². The van der Waals surface area contributed by atoms with Crippen LogP contribution in [-0.4, -0.2) is 52.3 Å². The Morgan fingerprint density at radius 3 is 2.64 bits per heavy atom. The van der Waals surface area contributed by atoms with Crippen LogP contribution in [0.2, 0.25) is 0 Å². The second-order valence-electron chi connectivity index (χ2n) is 5.60. The van der Waals surface area contributed by atoms with E-state index in [2.05, 4.69) is 10.3 Å². The molecule has 0 radical (unpaired) electrons. The van der Waals surface area contributed by atoms with E-state index >= 15 is 0 Å². The van der Waals surface area contributed by atoms with Crippen molar-refractivity contribution in [2.75, 3.05) is 31.9 Å². The van der Waals surface area contributed by atoms with Crippen LogP contribution >= 0.6 is 0 Å². The van der Waals surface area contributed by atoms with Crippen LogP contribution in [0, 0.1) is 0 Å². The van der Waals surface area contributed by atoms with Gasteiger partial charge in [0.25, 0.3) is 5.56 Å². The summed E-state index contributed by atoms with van der Waals surface area (Å²) in [7, 11) is 0. The molecule has 2 fully saturated rings. The van der Waals surface area contributed by atoms with Crippen LogP contribution in [-0.2, 0) is 4.79 Å². The highest BCUT2D eigenvalue weighted by atomic mass is 16.2. The van der Waals surface area contributed by atoms with E-state index in [1.165, 1.54) is 4.57 Å². The maximum atomic E-state index is 12.4. The number of carbonyl (C=O) groups excluding carboxylic acids is 2. The summed E-state index contributed by atoms with van der Waals surface area (Å²) >= 11 is 0. The molecule has 1 aromatic rings. The molecular weight excluding hydrogens is 290 g/mol. The summed E-state index contributed by atoms with van der Waals surface area (Å²) in [6.45, 7) is 1.01. The van der Waals surface area contributed by atoms with Gasteiger partial charge in [0.2, 0.25) is 5.91 Å². The first-order valence-corrected chi connectivity index (χ1v) is 7.14. The molecule has 1 aromatic heterocycles. The number of piperazine rings is 1. The van der Waals surface area contributed by atoms with Crippen molar-refractivity contribution in [3.05, 3.63) is 26.4 Å². The SMILES string of the molecule is Nc1c(C(=O)CN2CCNC(=O)C2)c(=O)[nH]c(=O)n1C1CC1. The predicted octanol–water partition coefficient (Wildman–Crippen LogP) is -1.93. The standard InChI is InChI=1S/C13H17N5O4/c14-11-10(8(19)5-17-4-3-15-9(20)6-17)12(21)16-13(22)18(11)7-1-2-7/h7H,1-6,14H2,(H,15,20)(H,16,21,22). The Bertz CT molecular complexity index is 746. The molecular formula is C13H17N5O4. The highest BCUT2D eigenvalue weighted by Crippen LogP contribution is 2.35. The van der Waals surface area contributed by atoms with Crippen molar-refractivity contribution >= 4 is 17.5 Å². The van der Waals surface area contributed by atoms with Crippen LogP contribution in [0.1, 0.15) is 29.2 Å². The number of anilines is 1. The van der Waals surface area contributed by atoms with Crippen molar-refractivity contribution < 1.29 is 9.59 Å². The Balaban J connectivity index is 1.89. The van der Waals surface area contributed by atoms with Gasteiger partial charge in [-0.25, -0.2) is 4.79 Å². The molecule has 9 nitrogen and oxygen atoms in total. The monoisotopic (exact) mass is 307 g/mol. The van der Waals surface area contributed by atoms with E-state index in [9.17, 15) is 19.2 Å². The lowest BCUT2D eigenvalue weighted by molar-refractivity contribution is -0.123. The molecule has 1 amide bonds. The average molecular weight is 307 g/mol. The molecule has 4 N–H and O–H groups in total. The minimum Gasteiger partial charge on any atom is -0.384 e. The van der Waals surface area contributed by atoms with Crippen molar-refractivity contribution in [3.63, 3.8) is 0 Å². The third kappa shape index (κ3) is 2.67. The summed E-state index contributed by atoms with van der Waals surface area (Å²) in [5.41, 5.74) is 4.33. The number of nitrogens with zero attached hydrogens (tertiary/aromatic N) is 2. The fourth-order valence-electron chi connectivity index (χ4n) is 2.64. The van der Waals surface area contributed by atoms with E-state index in [0.29, 0.717) is 13.1 Å². The number of nitrogen functional groups attached to an aromatic ring is 1. The molecule has 1 saturated heterocycles. The lowest BCUT2D eigenvalue weighted by Gasteiger charge is -2.25. The molecule has 1 aliphatic carbocycles. The molecule has 0 aromatic carbocycles. The first-order chi connectivity index (χ1) is 10.5. The minimum atomic E-state index is -0.772. The van der Waals surface area contributed by atoms with Crippen LogP contribution in [0.3, 0.4) is 0 Å². The zero-order valence-electron chi connectivity index (χ0n) is 11.9. The van der Waals surface area contributed by atoms with Crippen molar-refractivity contribution in [2.45, 2.75) is 18.9 Å². The summed E-state index contributed by atoms with van der Waals surface area (Å²) in [6.07, 6.45) is 1.60. The maximum absolute atomic E-state index is 12.4. The number of Topliss-reactive ketones (excluding diaryl/α,β-unsaturated/α-hetero) is 1. The van der Waals surface area contributed by atoms with E-state index in [1.807, 2.05) is 0 Å². The van der Waals surface area contributed by atoms with Crippen molar-refractivity contribution in [3.8, 4) is 0 Å². The van der Waals surface area contributed by atoms with Gasteiger partial charge in [-0.15, -0.1) is 0 Å². The molecule has 118 valence electrons. The second kappa shape index (κ2) is 5.41. The number of aromatic amines is 1. The van der Waals surface area contributed by atoms with Crippen molar-refractivity contribution in [2.24, 2.45) is 0 Å². The van der Waals surface area contributed by atoms with Gasteiger partial charge in [0.1, 0.15) is 11.4 Å². The number of ketones is 1. The van der Waals surface area contributed by atoms with E-state index in [-0.39, 0.29) is 36.4 Å². The van der Waals surface area contributed by atoms with E-state index < -0.39 is 17.0 Å². The number of nitrogens with one attached hydrogen (secondary N) is 2. The number of hydrogen-bond donors (Lipinski definition) is 3. The van der Waals surface area contributed by atoms with Crippen LogP contribution in [0.4, 0.5) is 5.82 Å². The highest BCUT2D eigenvalue weighted by Gasteiger charge is 2.30. The first-order valence-electron chi connectivity index (χ1n) is 7.14. The number of aromatic nitrogens is 2. The Labute approximate surface area is 125 Å². The van der Waals surface area contributed by atoms with Gasteiger partial charge in [0.15, 0.2) is 5.78 Å². The largest absolute Gasteiger partial charge is 0.384 e. The molecule has 0 spiro atoms. The Hall–Kier alpha value is -2.42. The summed E-state index contributed by atoms with van der Waals surface area (Å²) in [5.74, 6) is -0.727. The Morgan fingerprint density at radius 2 is 2.00 bits per heavy atom. The summed E-state index contributed by atoms with van der Waals surface area (Å²) in [4.78, 5) is 51.2. The highest BCUT2D eigenvalue weighted by molar-refractivity contribution is 6.01. The maximum Gasteiger partial charge on any atom is 0.330 e. The normalized spacial score (nSPS) is 19.0. The smallest absolute Gasteiger partial charge is 0.330 e. The van der Waals surface area contributed by atoms with E-state index in [1.54, 1.807) is 4.90 Å². The second-order valence-corrected chi connectivity index (χ2v) is 5.60. The predicted molar refractivity (Wildman–Crippen MR) is 77.8 cm³/mol. The topological polar surface area (TPSA) is 130 Å². The number of carbonyl (C=O) groups is 2. The molecule has 3 rings (SSSR count). The van der Waals surface area contributed by atoms with Gasteiger partial charge < -0.3 is 11.1 Å². The van der Waals surface area contributed by atoms with Gasteiger partial charge in [0, 0.05) is 19.1 Å². The quantitative estimate of drug-likeness (QED) is 0.555. The zero-order chi connectivity index (χ0) is 15.9. The average Bonchev–Trinajstić information content (AvgIpc) is 3.22. The number of H-pyrrole nitrogens is 1. The summed E-state index contributed by atoms with van der Waals surface area (Å²) in [5, 5.41) is 2.66. The summed E-state index contributed by atoms with van der Waals surface area (Å²) in [6, 6.07) is -0.0448. The van der Waals surface area contributed by atoms with E-state index in [4.69, 9.17) is 5.73 Å². The zero-order valence-corrected chi connectivity index (χ0v) is 11.9. The molecule has 1 aliphatic heterocycles. The first kappa shape index (κ1) is 14.5. The lowest BCUT2D eigenvalue weighted by Crippen LogP contribution is -2.49. The molecule has 0 atom stereocenters. The number of hydrogen-bond acceptors (Lipinski definition) is 6. The molecule has 0 unspecified atom stereocenters. The fraction of sp³-hybridized carbons (Fsp3) is 0.538. The van der Waals surface area contributed by atoms with Gasteiger partial charge in [-0.2, -0.15) is 0 Å². The van der Waals surface area contributed by atoms with Gasteiger partial charge in [0.05, 0.1) is 13.1 Å². The van der Waals surface area contributed by atoms with Crippen molar-refractivity contribution in [1.29, 1.82) is 0 Å². The Kier molecular flexibility index (Phi) is 3.57. The fourth-order valence-corrected chi connectivity index (χ4v) is 2.64. The number of nitrogens with two attached hydrogens (primary N) is 1. The van der Waals surface area contributed by atoms with E-state index in [0.717, 1.165) is 12.8 Å². The number of amides is 1. The van der Waals surface area contributed by atoms with Gasteiger partial charge in [-0.1, -0.05) is 0 Å². The molecule has 1 saturated carbocycles. The van der Waals surface area contributed by atoms with Gasteiger partial charge in [-0.3, -0.25) is 28.8 Å². The van der Waals surface area contributed by atoms with Crippen LogP contribution in [0.5, 0.6) is 0 Å². The summed E-state index contributed by atoms with van der Waals surface area (Å²) < 4.78 is 1.28. The molecule has 22 heavy (non-hydrogen) atoms. The van der Waals surface area contributed by atoms with Crippen LogP contribution < -0.4 is 22.3 Å². The third-order valence-electron chi connectivity index (χ3n) is 3.86. The molecule has 2 aliphatic rings. The minimum absolute atomic E-state index is 0.0448.